The topological polar surface area (TPSA) is 139 Å². The van der Waals surface area contributed by atoms with Crippen molar-refractivity contribution in [2.45, 2.75) is 65.1 Å². The van der Waals surface area contributed by atoms with E-state index < -0.39 is 33.2 Å². The van der Waals surface area contributed by atoms with E-state index in [9.17, 15) is 29.8 Å². The Morgan fingerprint density at radius 2 is 1.26 bits per heavy atom. The number of nitrogens with zero attached hydrogens (tertiary/aromatic N) is 2. The number of ether oxygens (including phenoxy) is 2. The molecule has 218 valence electrons. The van der Waals surface area contributed by atoms with Crippen LogP contribution in [0.2, 0.25) is 0 Å². The molecule has 2 aliphatic carbocycles. The molecule has 42 heavy (non-hydrogen) atoms. The predicted molar refractivity (Wildman–Crippen MR) is 156 cm³/mol. The van der Waals surface area contributed by atoms with Gasteiger partial charge in [-0.2, -0.15) is 0 Å². The van der Waals surface area contributed by atoms with Gasteiger partial charge in [-0.05, 0) is 67.0 Å². The van der Waals surface area contributed by atoms with Crippen molar-refractivity contribution >= 4 is 46.7 Å². The maximum atomic E-state index is 13.0. The molecule has 2 heterocycles. The van der Waals surface area contributed by atoms with Gasteiger partial charge in [0.1, 0.15) is 18.0 Å². The minimum atomic E-state index is -0.503. The molecule has 6 atom stereocenters. The Morgan fingerprint density at radius 1 is 0.810 bits per heavy atom. The SMILES string of the molecule is COC(=O)[C@H]1CCC2=C([C@@H]3O[C@H]2C2=C3CC[C@H](C(C)=O)[C@@H]2Sc2ccccc2[N+](=O)[O-])[C@@H]1Sc1ccccc1[N+](=O)[O-]. The average molecular weight is 609 g/mol. The number of hydrogen-bond donors (Lipinski definition) is 0. The van der Waals surface area contributed by atoms with Gasteiger partial charge in [0.25, 0.3) is 11.4 Å². The van der Waals surface area contributed by atoms with Crippen LogP contribution in [0.4, 0.5) is 11.4 Å². The van der Waals surface area contributed by atoms with Crippen LogP contribution in [0, 0.1) is 32.1 Å². The minimum absolute atomic E-state index is 0.000936. The molecule has 10 nitrogen and oxygen atoms in total. The highest BCUT2D eigenvalue weighted by Gasteiger charge is 2.56. The van der Waals surface area contributed by atoms with Gasteiger partial charge in [0, 0.05) is 28.6 Å². The van der Waals surface area contributed by atoms with E-state index in [4.69, 9.17) is 9.47 Å². The number of rotatable bonds is 8. The number of fused-ring (bicyclic) bond motifs is 6. The van der Waals surface area contributed by atoms with Crippen LogP contribution in [-0.4, -0.2) is 51.4 Å². The van der Waals surface area contributed by atoms with Crippen LogP contribution >= 0.6 is 23.5 Å². The summed E-state index contributed by atoms with van der Waals surface area (Å²) in [7, 11) is 1.35. The van der Waals surface area contributed by atoms with Gasteiger partial charge in [0.2, 0.25) is 0 Å². The molecule has 4 aliphatic rings. The Hall–Kier alpha value is -3.48. The quantitative estimate of drug-likeness (QED) is 0.150. The maximum Gasteiger partial charge on any atom is 0.310 e. The molecule has 12 heteroatoms. The number of benzene rings is 2. The summed E-state index contributed by atoms with van der Waals surface area (Å²) in [5.41, 5.74) is 4.07. The van der Waals surface area contributed by atoms with Gasteiger partial charge in [-0.25, -0.2) is 0 Å². The van der Waals surface area contributed by atoms with Gasteiger partial charge in [-0.1, -0.05) is 24.3 Å². The zero-order chi connectivity index (χ0) is 29.7. The highest BCUT2D eigenvalue weighted by atomic mass is 32.2. The molecule has 0 spiro atoms. The van der Waals surface area contributed by atoms with Gasteiger partial charge < -0.3 is 9.47 Å². The number of carbonyl (C=O) groups excluding carboxylic acids is 2. The lowest BCUT2D eigenvalue weighted by Gasteiger charge is -2.40. The number of nitro groups is 2. The second-order valence-corrected chi connectivity index (χ2v) is 13.2. The van der Waals surface area contributed by atoms with Crippen LogP contribution in [-0.2, 0) is 19.1 Å². The number of Topliss-reactive ketones (excluding diaryl/α,β-unsaturated/α-hetero) is 1. The summed E-state index contributed by atoms with van der Waals surface area (Å²) in [5.74, 6) is -1.14. The first-order valence-corrected chi connectivity index (χ1v) is 15.5. The summed E-state index contributed by atoms with van der Waals surface area (Å²) in [5, 5.41) is 22.8. The molecular weight excluding hydrogens is 580 g/mol. The second-order valence-electron chi connectivity index (χ2n) is 10.8. The number of hydrogen-bond acceptors (Lipinski definition) is 10. The Bertz CT molecular complexity index is 1570. The molecule has 6 rings (SSSR count). The van der Waals surface area contributed by atoms with Crippen molar-refractivity contribution < 1.29 is 28.9 Å². The van der Waals surface area contributed by atoms with Gasteiger partial charge in [0.15, 0.2) is 0 Å². The summed E-state index contributed by atoms with van der Waals surface area (Å²) >= 11 is 2.66. The average Bonchev–Trinajstić information content (AvgIpc) is 3.55. The summed E-state index contributed by atoms with van der Waals surface area (Å²) in [6.07, 6.45) is 1.51. The smallest absolute Gasteiger partial charge is 0.310 e. The van der Waals surface area contributed by atoms with Gasteiger partial charge in [0.05, 0.1) is 32.7 Å². The van der Waals surface area contributed by atoms with Gasteiger partial charge in [-0.15, -0.1) is 23.5 Å². The Labute approximate surface area is 250 Å². The lowest BCUT2D eigenvalue weighted by atomic mass is 9.69. The Morgan fingerprint density at radius 3 is 1.71 bits per heavy atom. The zero-order valence-electron chi connectivity index (χ0n) is 22.9. The largest absolute Gasteiger partial charge is 0.469 e. The van der Waals surface area contributed by atoms with Crippen LogP contribution in [0.25, 0.3) is 0 Å². The molecule has 2 bridgehead atoms. The third kappa shape index (κ3) is 4.75. The Balaban J connectivity index is 1.40. The van der Waals surface area contributed by atoms with E-state index in [1.165, 1.54) is 42.8 Å². The van der Waals surface area contributed by atoms with E-state index >= 15 is 0 Å². The normalized spacial score (nSPS) is 27.9. The number of para-hydroxylation sites is 2. The van der Waals surface area contributed by atoms with E-state index in [-0.39, 0.29) is 34.3 Å². The van der Waals surface area contributed by atoms with Crippen molar-refractivity contribution in [1.29, 1.82) is 0 Å². The number of methoxy groups -OCH3 is 1. The maximum absolute atomic E-state index is 13.0. The first kappa shape index (κ1) is 28.6. The molecule has 0 radical (unpaired) electrons. The van der Waals surface area contributed by atoms with E-state index in [2.05, 4.69) is 0 Å². The molecule has 0 unspecified atom stereocenters. The fourth-order valence-electron chi connectivity index (χ4n) is 6.82. The molecule has 0 amide bonds. The number of carbonyl (C=O) groups is 2. The monoisotopic (exact) mass is 608 g/mol. The summed E-state index contributed by atoms with van der Waals surface area (Å²) in [6.45, 7) is 1.57. The molecule has 0 saturated heterocycles. The first-order valence-electron chi connectivity index (χ1n) is 13.7. The molecule has 0 N–H and O–H groups in total. The fraction of sp³-hybridized carbons (Fsp3) is 0.400. The van der Waals surface area contributed by atoms with Crippen molar-refractivity contribution in [3.05, 3.63) is 91.1 Å². The van der Waals surface area contributed by atoms with Crippen LogP contribution < -0.4 is 0 Å². The van der Waals surface area contributed by atoms with Crippen LogP contribution in [0.5, 0.6) is 0 Å². The molecule has 2 aromatic carbocycles. The predicted octanol–water partition coefficient (Wildman–Crippen LogP) is 6.08. The number of esters is 1. The number of nitro benzene ring substituents is 2. The highest BCUT2D eigenvalue weighted by Crippen LogP contribution is 2.59. The molecular formula is C30H28N2O8S2. The van der Waals surface area contributed by atoms with Crippen molar-refractivity contribution in [2.75, 3.05) is 7.11 Å². The minimum Gasteiger partial charge on any atom is -0.469 e. The summed E-state index contributed by atoms with van der Waals surface area (Å²) < 4.78 is 11.8. The fourth-order valence-corrected chi connectivity index (χ4v) is 9.92. The molecule has 0 fully saturated rings. The second kappa shape index (κ2) is 11.3. The molecule has 2 aliphatic heterocycles. The van der Waals surface area contributed by atoms with E-state index in [0.717, 1.165) is 22.3 Å². The lowest BCUT2D eigenvalue weighted by Crippen LogP contribution is -2.40. The van der Waals surface area contributed by atoms with E-state index in [1.807, 2.05) is 0 Å². The van der Waals surface area contributed by atoms with Crippen LogP contribution in [0.3, 0.4) is 0 Å². The van der Waals surface area contributed by atoms with E-state index in [1.54, 1.807) is 43.3 Å². The molecule has 0 aromatic heterocycles. The summed E-state index contributed by atoms with van der Waals surface area (Å²) in [6, 6.07) is 13.1. The number of ketones is 1. The van der Waals surface area contributed by atoms with Crippen molar-refractivity contribution in [2.24, 2.45) is 11.8 Å². The Kier molecular flexibility index (Phi) is 7.71. The van der Waals surface area contributed by atoms with Gasteiger partial charge >= 0.3 is 5.97 Å². The first-order chi connectivity index (χ1) is 20.2. The zero-order valence-corrected chi connectivity index (χ0v) is 24.5. The van der Waals surface area contributed by atoms with Crippen LogP contribution in [0.15, 0.2) is 80.6 Å². The number of thioether (sulfide) groups is 2. The van der Waals surface area contributed by atoms with Crippen molar-refractivity contribution in [1.82, 2.24) is 0 Å². The highest BCUT2D eigenvalue weighted by molar-refractivity contribution is 8.00. The summed E-state index contributed by atoms with van der Waals surface area (Å²) in [4.78, 5) is 49.6. The lowest BCUT2D eigenvalue weighted by molar-refractivity contribution is -0.387. The standard InChI is InChI=1S/C30H28N2O8S2/c1-15(33)16-11-12-17-24(28(16)41-22-9-5-3-7-20(22)31(35)36)26-18-13-14-19(30(34)39-2)29(25(18)27(17)40-26)42-23-10-6-4-8-21(23)32(37)38/h3-10,16,19,26-29H,11-14H2,1-2H3/t16-,19+,26-,27-,28+,29-/m1/s1. The van der Waals surface area contributed by atoms with Crippen molar-refractivity contribution in [3.63, 3.8) is 0 Å². The van der Waals surface area contributed by atoms with Gasteiger partial charge in [-0.3, -0.25) is 29.8 Å². The van der Waals surface area contributed by atoms with Crippen LogP contribution in [0.1, 0.15) is 32.6 Å². The third-order valence-electron chi connectivity index (χ3n) is 8.66. The van der Waals surface area contributed by atoms with Crippen molar-refractivity contribution in [3.8, 4) is 0 Å². The third-order valence-corrected chi connectivity index (χ3v) is 11.5. The molecule has 0 saturated carbocycles. The van der Waals surface area contributed by atoms with E-state index in [0.29, 0.717) is 35.5 Å². The molecule has 2 aromatic rings.